The molecule has 5 nitrogen and oxygen atoms in total. The molecule has 0 aliphatic rings. The Kier molecular flexibility index (Phi) is 5.98. The zero-order valence-electron chi connectivity index (χ0n) is 14.3. The third-order valence-electron chi connectivity index (χ3n) is 4.35. The van der Waals surface area contributed by atoms with Crippen molar-refractivity contribution >= 4 is 56.5 Å². The lowest BCUT2D eigenvalue weighted by Gasteiger charge is -2.34. The largest absolute Gasteiger partial charge is 0.507 e. The van der Waals surface area contributed by atoms with Crippen LogP contribution >= 0.6 is 46.4 Å². The van der Waals surface area contributed by atoms with Gasteiger partial charge in [0.05, 0.1) is 5.56 Å². The molecule has 1 unspecified atom stereocenters. The molecule has 3 rings (SSSR count). The number of phenols is 2. The highest BCUT2D eigenvalue weighted by atomic mass is 35.5. The number of halogens is 4. The van der Waals surface area contributed by atoms with Gasteiger partial charge in [0.25, 0.3) is 10.1 Å². The third-order valence-corrected chi connectivity index (χ3v) is 6.85. The highest BCUT2D eigenvalue weighted by molar-refractivity contribution is 7.87. The van der Waals surface area contributed by atoms with Crippen LogP contribution in [-0.4, -0.2) is 23.2 Å². The summed E-state index contributed by atoms with van der Waals surface area (Å²) in [6, 6.07) is 11.7. The molecule has 10 heteroatoms. The SMILES string of the molecule is O=S(=O)(O)C(c1cccc(Cl)c1)(c1c(O)cc(Cl)cc1O)c1c(Cl)cccc1Cl. The summed E-state index contributed by atoms with van der Waals surface area (Å²) in [6.45, 7) is 0. The van der Waals surface area contributed by atoms with Crippen molar-refractivity contribution in [2.75, 3.05) is 0 Å². The zero-order valence-corrected chi connectivity index (χ0v) is 18.1. The maximum absolute atomic E-state index is 13.0. The number of hydrogen-bond acceptors (Lipinski definition) is 4. The molecule has 0 saturated heterocycles. The molecular weight excluding hydrogens is 482 g/mol. The standard InChI is InChI=1S/C19H12Cl4O5S/c20-11-4-1-3-10(7-11)19(29(26,27)28,17-13(22)5-2-6-14(17)23)18-15(24)8-12(21)9-16(18)25/h1-9,24-25H,(H,26,27,28). The first-order valence-electron chi connectivity index (χ1n) is 7.89. The summed E-state index contributed by atoms with van der Waals surface area (Å²) in [4.78, 5) is 0. The van der Waals surface area contributed by atoms with Gasteiger partial charge in [0.1, 0.15) is 11.5 Å². The van der Waals surface area contributed by atoms with Crippen LogP contribution in [0.2, 0.25) is 20.1 Å². The van der Waals surface area contributed by atoms with Crippen LogP contribution in [0.1, 0.15) is 16.7 Å². The van der Waals surface area contributed by atoms with E-state index < -0.39 is 31.9 Å². The van der Waals surface area contributed by atoms with E-state index in [-0.39, 0.29) is 31.2 Å². The Bertz CT molecular complexity index is 1170. The van der Waals surface area contributed by atoms with Crippen LogP contribution in [0.4, 0.5) is 0 Å². The monoisotopic (exact) mass is 492 g/mol. The van der Waals surface area contributed by atoms with Gasteiger partial charge in [0.2, 0.25) is 0 Å². The fraction of sp³-hybridized carbons (Fsp3) is 0.0526. The second kappa shape index (κ2) is 7.87. The molecule has 0 aliphatic carbocycles. The molecular formula is C19H12Cl4O5S. The minimum atomic E-state index is -5.20. The third kappa shape index (κ3) is 3.65. The molecule has 0 fully saturated rings. The first-order chi connectivity index (χ1) is 13.5. The molecule has 0 radical (unpaired) electrons. The molecule has 0 bridgehead atoms. The van der Waals surface area contributed by atoms with Crippen molar-refractivity contribution in [1.82, 2.24) is 0 Å². The quantitative estimate of drug-likeness (QED) is 0.311. The highest BCUT2D eigenvalue weighted by Gasteiger charge is 2.54. The van der Waals surface area contributed by atoms with Crippen molar-refractivity contribution in [1.29, 1.82) is 0 Å². The Balaban J connectivity index is 2.68. The van der Waals surface area contributed by atoms with E-state index in [1.54, 1.807) is 0 Å². The topological polar surface area (TPSA) is 94.8 Å². The Hall–Kier alpha value is -1.67. The highest BCUT2D eigenvalue weighted by Crippen LogP contribution is 2.54. The number of rotatable bonds is 4. The second-order valence-corrected chi connectivity index (χ2v) is 9.33. The number of benzene rings is 3. The molecule has 3 N–H and O–H groups in total. The molecule has 0 spiro atoms. The second-order valence-electron chi connectivity index (χ2n) is 6.08. The normalized spacial score (nSPS) is 13.8. The van der Waals surface area contributed by atoms with Crippen LogP contribution in [0.15, 0.2) is 54.6 Å². The van der Waals surface area contributed by atoms with Gasteiger partial charge in [-0.15, -0.1) is 0 Å². The summed E-state index contributed by atoms with van der Waals surface area (Å²) in [5.74, 6) is -1.41. The minimum absolute atomic E-state index is 0.0654. The summed E-state index contributed by atoms with van der Waals surface area (Å²) < 4.78 is 33.9. The van der Waals surface area contributed by atoms with Gasteiger partial charge in [-0.2, -0.15) is 8.42 Å². The summed E-state index contributed by atoms with van der Waals surface area (Å²) in [6.07, 6.45) is 0. The van der Waals surface area contributed by atoms with E-state index in [1.807, 2.05) is 0 Å². The lowest BCUT2D eigenvalue weighted by Crippen LogP contribution is -2.39. The summed E-state index contributed by atoms with van der Waals surface area (Å²) in [5.41, 5.74) is -0.974. The molecule has 29 heavy (non-hydrogen) atoms. The molecule has 0 amide bonds. The van der Waals surface area contributed by atoms with Gasteiger partial charge in [0, 0.05) is 25.7 Å². The van der Waals surface area contributed by atoms with Gasteiger partial charge in [-0.3, -0.25) is 4.55 Å². The van der Waals surface area contributed by atoms with Crippen LogP contribution in [0.25, 0.3) is 0 Å². The van der Waals surface area contributed by atoms with Crippen LogP contribution in [-0.2, 0) is 14.9 Å². The van der Waals surface area contributed by atoms with Crippen molar-refractivity contribution in [3.63, 3.8) is 0 Å². The van der Waals surface area contributed by atoms with Crippen LogP contribution in [0.5, 0.6) is 11.5 Å². The predicted molar refractivity (Wildman–Crippen MR) is 114 cm³/mol. The van der Waals surface area contributed by atoms with Gasteiger partial charge in [-0.25, -0.2) is 0 Å². The molecule has 0 aliphatic heterocycles. The number of aromatic hydroxyl groups is 2. The van der Waals surface area contributed by atoms with E-state index in [4.69, 9.17) is 46.4 Å². The van der Waals surface area contributed by atoms with E-state index in [0.29, 0.717) is 0 Å². The van der Waals surface area contributed by atoms with Crippen molar-refractivity contribution in [3.05, 3.63) is 91.4 Å². The van der Waals surface area contributed by atoms with Crippen molar-refractivity contribution < 1.29 is 23.2 Å². The number of hydrogen-bond donors (Lipinski definition) is 3. The summed E-state index contributed by atoms with van der Waals surface area (Å²) >= 11 is 24.6. The molecule has 1 atom stereocenters. The smallest absolute Gasteiger partial charge is 0.283 e. The maximum atomic E-state index is 13.0. The van der Waals surface area contributed by atoms with Gasteiger partial charge >= 0.3 is 0 Å². The average molecular weight is 494 g/mol. The summed E-state index contributed by atoms with van der Waals surface area (Å²) in [5, 5.41) is 21.0. The lowest BCUT2D eigenvalue weighted by atomic mass is 9.82. The first-order valence-corrected chi connectivity index (χ1v) is 10.8. The predicted octanol–water partition coefficient (Wildman–Crippen LogP) is 5.89. The fourth-order valence-corrected chi connectivity index (χ4v) is 5.86. The van der Waals surface area contributed by atoms with Crippen LogP contribution in [0, 0.1) is 0 Å². The van der Waals surface area contributed by atoms with E-state index in [0.717, 1.165) is 12.1 Å². The Morgan fingerprint density at radius 3 is 1.72 bits per heavy atom. The lowest BCUT2D eigenvalue weighted by molar-refractivity contribution is 0.416. The molecule has 152 valence electrons. The minimum Gasteiger partial charge on any atom is -0.507 e. The maximum Gasteiger partial charge on any atom is 0.283 e. The zero-order chi connectivity index (χ0) is 21.6. The molecule has 0 aromatic heterocycles. The van der Waals surface area contributed by atoms with Gasteiger partial charge in [0.15, 0.2) is 4.75 Å². The van der Waals surface area contributed by atoms with Gasteiger partial charge in [-0.1, -0.05) is 64.6 Å². The van der Waals surface area contributed by atoms with E-state index in [1.165, 1.54) is 42.5 Å². The molecule has 3 aromatic carbocycles. The van der Waals surface area contributed by atoms with Gasteiger partial charge < -0.3 is 10.2 Å². The summed E-state index contributed by atoms with van der Waals surface area (Å²) in [7, 11) is -5.20. The Labute approximate surface area is 186 Å². The van der Waals surface area contributed by atoms with E-state index >= 15 is 0 Å². The molecule has 0 saturated carbocycles. The van der Waals surface area contributed by atoms with Gasteiger partial charge in [-0.05, 0) is 42.0 Å². The van der Waals surface area contributed by atoms with E-state index in [2.05, 4.69) is 0 Å². The Morgan fingerprint density at radius 2 is 1.24 bits per heavy atom. The first kappa shape index (κ1) is 22.0. The van der Waals surface area contributed by atoms with Crippen molar-refractivity contribution in [2.24, 2.45) is 0 Å². The Morgan fingerprint density at radius 1 is 0.724 bits per heavy atom. The van der Waals surface area contributed by atoms with Crippen LogP contribution < -0.4 is 0 Å². The van der Waals surface area contributed by atoms with Crippen molar-refractivity contribution in [2.45, 2.75) is 4.75 Å². The fourth-order valence-electron chi connectivity index (χ4n) is 3.30. The van der Waals surface area contributed by atoms with E-state index in [9.17, 15) is 23.2 Å². The average Bonchev–Trinajstić information content (AvgIpc) is 2.58. The van der Waals surface area contributed by atoms with Crippen molar-refractivity contribution in [3.8, 4) is 11.5 Å². The number of phenolic OH excluding ortho intramolecular Hbond substituents is 2. The molecule has 0 heterocycles. The van der Waals surface area contributed by atoms with Crippen LogP contribution in [0.3, 0.4) is 0 Å². The molecule has 3 aromatic rings.